The summed E-state index contributed by atoms with van der Waals surface area (Å²) in [5, 5.41) is 3.26. The van der Waals surface area contributed by atoms with Gasteiger partial charge in [-0.05, 0) is 42.9 Å². The summed E-state index contributed by atoms with van der Waals surface area (Å²) in [5.41, 5.74) is 7.69. The van der Waals surface area contributed by atoms with Crippen LogP contribution in [0.1, 0.15) is 19.8 Å². The van der Waals surface area contributed by atoms with Crippen molar-refractivity contribution < 1.29 is 4.79 Å². The minimum atomic E-state index is -0.253. The number of nitrogens with one attached hydrogen (secondary N) is 3. The molecule has 3 rings (SSSR count). The van der Waals surface area contributed by atoms with E-state index in [0.29, 0.717) is 13.1 Å². The largest absolute Gasteiger partial charge is 0.331 e. The molecule has 0 atom stereocenters. The van der Waals surface area contributed by atoms with Crippen molar-refractivity contribution in [1.82, 2.24) is 20.0 Å². The third-order valence-electron chi connectivity index (χ3n) is 4.28. The van der Waals surface area contributed by atoms with Crippen LogP contribution in [0.4, 0.5) is 5.69 Å². The van der Waals surface area contributed by atoms with Gasteiger partial charge in [-0.2, -0.15) is 0 Å². The SMILES string of the molecule is CCCn1c(=O)n(CCC(=O)NNC(=S)Nc2ccccc2)c2ccccc21. The van der Waals surface area contributed by atoms with E-state index in [1.807, 2.05) is 61.5 Å². The van der Waals surface area contributed by atoms with Crippen LogP contribution in [0.15, 0.2) is 59.4 Å². The number of fused-ring (bicyclic) bond motifs is 1. The first-order chi connectivity index (χ1) is 13.6. The van der Waals surface area contributed by atoms with Gasteiger partial charge in [0.15, 0.2) is 5.11 Å². The van der Waals surface area contributed by atoms with Crippen LogP contribution in [0.25, 0.3) is 11.0 Å². The average molecular weight is 398 g/mol. The van der Waals surface area contributed by atoms with Gasteiger partial charge in [-0.3, -0.25) is 24.8 Å². The number of carbonyl (C=O) groups is 1. The fourth-order valence-corrected chi connectivity index (χ4v) is 3.18. The molecule has 8 heteroatoms. The first kappa shape index (κ1) is 19.6. The van der Waals surface area contributed by atoms with Gasteiger partial charge in [-0.25, -0.2) is 4.79 Å². The summed E-state index contributed by atoms with van der Waals surface area (Å²) in [7, 11) is 0. The number of nitrogens with zero attached hydrogens (tertiary/aromatic N) is 2. The van der Waals surface area contributed by atoms with Gasteiger partial charge in [0.1, 0.15) is 0 Å². The number of hydrazine groups is 1. The van der Waals surface area contributed by atoms with Crippen molar-refractivity contribution in [1.29, 1.82) is 0 Å². The number of rotatable bonds is 6. The number of hydrogen-bond donors (Lipinski definition) is 3. The molecule has 7 nitrogen and oxygen atoms in total. The lowest BCUT2D eigenvalue weighted by atomic mass is 10.3. The molecule has 0 saturated carbocycles. The maximum absolute atomic E-state index is 12.7. The Balaban J connectivity index is 1.58. The standard InChI is InChI=1S/C20H23N5O2S/c1-2-13-24-16-10-6-7-11-17(16)25(20(24)27)14-12-18(26)22-23-19(28)21-15-8-4-3-5-9-15/h3-11H,2,12-14H2,1H3,(H,22,26)(H2,21,23,28). The van der Waals surface area contributed by atoms with E-state index < -0.39 is 0 Å². The summed E-state index contributed by atoms with van der Waals surface area (Å²) in [6.45, 7) is 2.98. The molecule has 1 heterocycles. The van der Waals surface area contributed by atoms with Gasteiger partial charge >= 0.3 is 5.69 Å². The highest BCUT2D eigenvalue weighted by Crippen LogP contribution is 2.13. The number of amides is 1. The molecule has 1 amide bonds. The summed E-state index contributed by atoms with van der Waals surface area (Å²) in [4.78, 5) is 24.9. The third kappa shape index (κ3) is 4.58. The molecule has 0 fully saturated rings. The van der Waals surface area contributed by atoms with E-state index in [-0.39, 0.29) is 23.1 Å². The van der Waals surface area contributed by atoms with E-state index in [1.165, 1.54) is 0 Å². The number of benzene rings is 2. The molecule has 2 aromatic carbocycles. The lowest BCUT2D eigenvalue weighted by molar-refractivity contribution is -0.121. The van der Waals surface area contributed by atoms with Crippen LogP contribution in [-0.4, -0.2) is 20.2 Å². The smallest absolute Gasteiger partial charge is 0.329 e. The number of imidazole rings is 1. The first-order valence-electron chi connectivity index (χ1n) is 9.19. The molecule has 0 spiro atoms. The number of para-hydroxylation sites is 3. The second kappa shape index (κ2) is 9.18. The van der Waals surface area contributed by atoms with Gasteiger partial charge < -0.3 is 5.32 Å². The number of anilines is 1. The summed E-state index contributed by atoms with van der Waals surface area (Å²) < 4.78 is 3.40. The minimum absolute atomic E-state index is 0.0925. The third-order valence-corrected chi connectivity index (χ3v) is 4.49. The maximum Gasteiger partial charge on any atom is 0.329 e. The quantitative estimate of drug-likeness (QED) is 0.440. The Morgan fingerprint density at radius 2 is 1.54 bits per heavy atom. The van der Waals surface area contributed by atoms with Crippen molar-refractivity contribution in [2.45, 2.75) is 32.9 Å². The van der Waals surface area contributed by atoms with Crippen molar-refractivity contribution in [3.8, 4) is 0 Å². The van der Waals surface area contributed by atoms with Crippen molar-refractivity contribution in [3.05, 3.63) is 65.1 Å². The van der Waals surface area contributed by atoms with Crippen LogP contribution in [0.2, 0.25) is 0 Å². The fourth-order valence-electron chi connectivity index (χ4n) is 3.01. The Bertz CT molecular complexity index is 1030. The molecule has 0 aliphatic rings. The van der Waals surface area contributed by atoms with E-state index in [2.05, 4.69) is 16.2 Å². The van der Waals surface area contributed by atoms with E-state index in [4.69, 9.17) is 12.2 Å². The maximum atomic E-state index is 12.7. The Labute approximate surface area is 168 Å². The highest BCUT2D eigenvalue weighted by atomic mass is 32.1. The van der Waals surface area contributed by atoms with Crippen molar-refractivity contribution in [3.63, 3.8) is 0 Å². The van der Waals surface area contributed by atoms with Crippen LogP contribution in [0.3, 0.4) is 0 Å². The van der Waals surface area contributed by atoms with Crippen LogP contribution in [0, 0.1) is 0 Å². The van der Waals surface area contributed by atoms with Gasteiger partial charge in [0.05, 0.1) is 11.0 Å². The van der Waals surface area contributed by atoms with Gasteiger partial charge in [0.25, 0.3) is 0 Å². The Kier molecular flexibility index (Phi) is 6.44. The second-order valence-electron chi connectivity index (χ2n) is 6.32. The molecular weight excluding hydrogens is 374 g/mol. The summed E-state index contributed by atoms with van der Waals surface area (Å²) in [5.74, 6) is -0.253. The van der Waals surface area contributed by atoms with E-state index in [1.54, 1.807) is 9.13 Å². The van der Waals surface area contributed by atoms with Crippen LogP contribution in [-0.2, 0) is 17.9 Å². The monoisotopic (exact) mass is 397 g/mol. The van der Waals surface area contributed by atoms with Crippen molar-refractivity contribution >= 4 is 40.0 Å². The number of thiocarbonyl (C=S) groups is 1. The Hall–Kier alpha value is -3.13. The molecule has 3 aromatic rings. The molecule has 3 N–H and O–H groups in total. The van der Waals surface area contributed by atoms with Crippen molar-refractivity contribution in [2.24, 2.45) is 0 Å². The molecule has 146 valence electrons. The lowest BCUT2D eigenvalue weighted by Gasteiger charge is -2.11. The molecule has 0 unspecified atom stereocenters. The van der Waals surface area contributed by atoms with E-state index >= 15 is 0 Å². The predicted octanol–water partition coefficient (Wildman–Crippen LogP) is 2.62. The first-order valence-corrected chi connectivity index (χ1v) is 9.60. The van der Waals surface area contributed by atoms with Gasteiger partial charge in [0.2, 0.25) is 5.91 Å². The molecule has 0 aliphatic carbocycles. The summed E-state index contributed by atoms with van der Waals surface area (Å²) in [6, 6.07) is 17.0. The van der Waals surface area contributed by atoms with Crippen LogP contribution >= 0.6 is 12.2 Å². The van der Waals surface area contributed by atoms with Gasteiger partial charge in [-0.15, -0.1) is 0 Å². The van der Waals surface area contributed by atoms with Gasteiger partial charge in [0, 0.05) is 25.2 Å². The zero-order valence-electron chi connectivity index (χ0n) is 15.6. The highest BCUT2D eigenvalue weighted by molar-refractivity contribution is 7.80. The second-order valence-corrected chi connectivity index (χ2v) is 6.73. The van der Waals surface area contributed by atoms with Crippen LogP contribution < -0.4 is 21.9 Å². The number of carbonyl (C=O) groups excluding carboxylic acids is 1. The zero-order chi connectivity index (χ0) is 19.9. The summed E-state index contributed by atoms with van der Waals surface area (Å²) >= 11 is 5.15. The van der Waals surface area contributed by atoms with Crippen molar-refractivity contribution in [2.75, 3.05) is 5.32 Å². The minimum Gasteiger partial charge on any atom is -0.331 e. The molecule has 28 heavy (non-hydrogen) atoms. The van der Waals surface area contributed by atoms with Gasteiger partial charge in [-0.1, -0.05) is 37.3 Å². The fraction of sp³-hybridized carbons (Fsp3) is 0.250. The zero-order valence-corrected chi connectivity index (χ0v) is 16.5. The molecule has 0 bridgehead atoms. The Morgan fingerprint density at radius 1 is 0.929 bits per heavy atom. The highest BCUT2D eigenvalue weighted by Gasteiger charge is 2.13. The molecule has 0 saturated heterocycles. The topological polar surface area (TPSA) is 80.1 Å². The molecular formula is C20H23N5O2S. The number of hydrogen-bond acceptors (Lipinski definition) is 3. The lowest BCUT2D eigenvalue weighted by Crippen LogP contribution is -2.44. The van der Waals surface area contributed by atoms with E-state index in [0.717, 1.165) is 23.1 Å². The number of aromatic nitrogens is 2. The average Bonchev–Trinajstić information content (AvgIpc) is 2.97. The molecule has 1 aromatic heterocycles. The van der Waals surface area contributed by atoms with E-state index in [9.17, 15) is 9.59 Å². The number of aryl methyl sites for hydroxylation is 2. The van der Waals surface area contributed by atoms with Crippen LogP contribution in [0.5, 0.6) is 0 Å². The molecule has 0 radical (unpaired) electrons. The normalized spacial score (nSPS) is 10.6. The Morgan fingerprint density at radius 3 is 2.18 bits per heavy atom. The molecule has 0 aliphatic heterocycles. The summed E-state index contributed by atoms with van der Waals surface area (Å²) in [6.07, 6.45) is 1.02. The predicted molar refractivity (Wildman–Crippen MR) is 115 cm³/mol.